The molecule has 1 aromatic rings. The molecule has 0 bridgehead atoms. The number of guanidine groups is 1. The average Bonchev–Trinajstić information content (AvgIpc) is 2.66. The van der Waals surface area contributed by atoms with Crippen molar-refractivity contribution in [2.45, 2.75) is 33.9 Å². The van der Waals surface area contributed by atoms with Gasteiger partial charge in [-0.2, -0.15) is 0 Å². The van der Waals surface area contributed by atoms with Crippen molar-refractivity contribution in [1.29, 1.82) is 5.41 Å². The number of rotatable bonds is 0. The molecule has 0 saturated heterocycles. The van der Waals surface area contributed by atoms with Crippen LogP contribution in [0.15, 0.2) is 18.2 Å². The van der Waals surface area contributed by atoms with E-state index in [9.17, 15) is 0 Å². The summed E-state index contributed by atoms with van der Waals surface area (Å²) in [6.45, 7) is 7.67. The zero-order valence-corrected chi connectivity index (χ0v) is 9.67. The lowest BCUT2D eigenvalue weighted by molar-refractivity contribution is 0.438. The topological polar surface area (TPSA) is 53.1 Å². The van der Waals surface area contributed by atoms with Crippen LogP contribution in [0, 0.1) is 12.3 Å². The quantitative estimate of drug-likeness (QED) is 0.504. The highest BCUT2D eigenvalue weighted by Gasteiger charge is 2.20. The summed E-state index contributed by atoms with van der Waals surface area (Å²) in [4.78, 5) is 1.87. The second-order valence-electron chi connectivity index (χ2n) is 3.45. The summed E-state index contributed by atoms with van der Waals surface area (Å²) < 4.78 is 0. The van der Waals surface area contributed by atoms with Gasteiger partial charge in [-0.1, -0.05) is 32.0 Å². The highest BCUT2D eigenvalue weighted by molar-refractivity contribution is 5.75. The van der Waals surface area contributed by atoms with Crippen molar-refractivity contribution in [2.75, 3.05) is 0 Å². The smallest absolute Gasteiger partial charge is 0.188 e. The Labute approximate surface area is 91.4 Å². The lowest BCUT2D eigenvalue weighted by Crippen LogP contribution is -2.31. The van der Waals surface area contributed by atoms with Crippen molar-refractivity contribution in [3.8, 4) is 0 Å². The second kappa shape index (κ2) is 4.82. The normalized spacial score (nSPS) is 12.9. The SMILES string of the molecule is CC.Cc1cccc2c1CN(C(=N)N)C2. The summed E-state index contributed by atoms with van der Waals surface area (Å²) in [7, 11) is 0. The van der Waals surface area contributed by atoms with Crippen molar-refractivity contribution in [3.05, 3.63) is 34.9 Å². The van der Waals surface area contributed by atoms with Crippen molar-refractivity contribution < 1.29 is 0 Å². The Morgan fingerprint density at radius 1 is 1.33 bits per heavy atom. The van der Waals surface area contributed by atoms with E-state index in [0.29, 0.717) is 0 Å². The molecule has 2 rings (SSSR count). The van der Waals surface area contributed by atoms with E-state index >= 15 is 0 Å². The maximum atomic E-state index is 7.34. The molecule has 0 spiro atoms. The van der Waals surface area contributed by atoms with Gasteiger partial charge in [0.2, 0.25) is 0 Å². The molecule has 15 heavy (non-hydrogen) atoms. The summed E-state index contributed by atoms with van der Waals surface area (Å²) >= 11 is 0. The van der Waals surface area contributed by atoms with Gasteiger partial charge in [0.15, 0.2) is 5.96 Å². The highest BCUT2D eigenvalue weighted by atomic mass is 15.2. The van der Waals surface area contributed by atoms with Crippen LogP contribution >= 0.6 is 0 Å². The van der Waals surface area contributed by atoms with E-state index in [2.05, 4.69) is 25.1 Å². The first-order valence-corrected chi connectivity index (χ1v) is 5.35. The zero-order chi connectivity index (χ0) is 11.4. The third-order valence-electron chi connectivity index (χ3n) is 2.56. The molecule has 1 aliphatic rings. The maximum absolute atomic E-state index is 7.34. The molecule has 1 heterocycles. The summed E-state index contributed by atoms with van der Waals surface area (Å²) in [5.74, 6) is 0.163. The Balaban J connectivity index is 0.000000531. The van der Waals surface area contributed by atoms with Crippen molar-refractivity contribution in [3.63, 3.8) is 0 Å². The summed E-state index contributed by atoms with van der Waals surface area (Å²) in [5.41, 5.74) is 9.36. The maximum Gasteiger partial charge on any atom is 0.188 e. The minimum absolute atomic E-state index is 0.163. The van der Waals surface area contributed by atoms with Crippen LogP contribution in [0.25, 0.3) is 0 Å². The molecule has 1 aromatic carbocycles. The van der Waals surface area contributed by atoms with Crippen molar-refractivity contribution >= 4 is 5.96 Å². The van der Waals surface area contributed by atoms with Crippen LogP contribution < -0.4 is 5.73 Å². The van der Waals surface area contributed by atoms with Gasteiger partial charge in [0.05, 0.1) is 0 Å². The summed E-state index contributed by atoms with van der Waals surface area (Å²) in [6, 6.07) is 6.26. The first-order valence-electron chi connectivity index (χ1n) is 5.35. The fourth-order valence-corrected chi connectivity index (χ4v) is 1.76. The molecule has 0 unspecified atom stereocenters. The number of hydrogen-bond acceptors (Lipinski definition) is 1. The molecule has 0 amide bonds. The first-order chi connectivity index (χ1) is 7.18. The molecule has 0 saturated carbocycles. The van der Waals surface area contributed by atoms with Crippen LogP contribution in [0.4, 0.5) is 0 Å². The average molecular weight is 205 g/mol. The van der Waals surface area contributed by atoms with Gasteiger partial charge >= 0.3 is 0 Å². The third kappa shape index (κ3) is 2.29. The molecule has 0 atom stereocenters. The summed E-state index contributed by atoms with van der Waals surface area (Å²) in [6.07, 6.45) is 0. The van der Waals surface area contributed by atoms with Crippen molar-refractivity contribution in [2.24, 2.45) is 5.73 Å². The Hall–Kier alpha value is -1.51. The molecule has 0 aromatic heterocycles. The van der Waals surface area contributed by atoms with E-state index in [1.165, 1.54) is 16.7 Å². The number of fused-ring (bicyclic) bond motifs is 1. The second-order valence-corrected chi connectivity index (χ2v) is 3.45. The summed E-state index contributed by atoms with van der Waals surface area (Å²) in [5, 5.41) is 7.34. The van der Waals surface area contributed by atoms with E-state index in [4.69, 9.17) is 11.1 Å². The predicted octanol–water partition coefficient (Wildman–Crippen LogP) is 2.23. The molecule has 3 N–H and O–H groups in total. The van der Waals surface area contributed by atoms with Crippen LogP contribution in [0.5, 0.6) is 0 Å². The standard InChI is InChI=1S/C10H13N3.C2H6/c1-7-3-2-4-8-5-13(10(11)12)6-9(7)8;1-2/h2-4H,5-6H2,1H3,(H3,11,12);1-2H3. The molecule has 3 heteroatoms. The third-order valence-corrected chi connectivity index (χ3v) is 2.56. The Morgan fingerprint density at radius 3 is 2.53 bits per heavy atom. The zero-order valence-electron chi connectivity index (χ0n) is 9.67. The fourth-order valence-electron chi connectivity index (χ4n) is 1.76. The van der Waals surface area contributed by atoms with Crippen molar-refractivity contribution in [1.82, 2.24) is 4.90 Å². The van der Waals surface area contributed by atoms with E-state index in [-0.39, 0.29) is 5.96 Å². The predicted molar refractivity (Wildman–Crippen MR) is 63.7 cm³/mol. The highest BCUT2D eigenvalue weighted by Crippen LogP contribution is 2.24. The molecule has 1 aliphatic heterocycles. The van der Waals surface area contributed by atoms with E-state index in [1.807, 2.05) is 18.7 Å². The number of aryl methyl sites for hydroxylation is 1. The van der Waals surface area contributed by atoms with Gasteiger partial charge in [-0.05, 0) is 23.6 Å². The Morgan fingerprint density at radius 2 is 2.00 bits per heavy atom. The molecule has 0 radical (unpaired) electrons. The fraction of sp³-hybridized carbons (Fsp3) is 0.417. The Bertz CT molecular complexity index is 358. The monoisotopic (exact) mass is 205 g/mol. The molecule has 3 nitrogen and oxygen atoms in total. The minimum atomic E-state index is 0.163. The molecular formula is C12H19N3. The number of nitrogens with two attached hydrogens (primary N) is 1. The van der Waals surface area contributed by atoms with Crippen LogP contribution in [-0.4, -0.2) is 10.9 Å². The van der Waals surface area contributed by atoms with Gasteiger partial charge in [0, 0.05) is 13.1 Å². The number of hydrogen-bond donors (Lipinski definition) is 2. The Kier molecular flexibility index (Phi) is 3.72. The first kappa shape index (κ1) is 11.6. The van der Waals surface area contributed by atoms with Crippen LogP contribution in [0.3, 0.4) is 0 Å². The van der Waals surface area contributed by atoms with Gasteiger partial charge in [0.1, 0.15) is 0 Å². The number of benzene rings is 1. The minimum Gasteiger partial charge on any atom is -0.370 e. The van der Waals surface area contributed by atoms with Gasteiger partial charge in [-0.25, -0.2) is 0 Å². The lowest BCUT2D eigenvalue weighted by atomic mass is 10.1. The van der Waals surface area contributed by atoms with E-state index in [1.54, 1.807) is 0 Å². The van der Waals surface area contributed by atoms with Gasteiger partial charge in [0.25, 0.3) is 0 Å². The molecule has 0 aliphatic carbocycles. The van der Waals surface area contributed by atoms with Gasteiger partial charge in [-0.3, -0.25) is 5.41 Å². The van der Waals surface area contributed by atoms with Crippen LogP contribution in [0.1, 0.15) is 30.5 Å². The lowest BCUT2D eigenvalue weighted by Gasteiger charge is -2.13. The van der Waals surface area contributed by atoms with Crippen LogP contribution in [0.2, 0.25) is 0 Å². The largest absolute Gasteiger partial charge is 0.370 e. The molecular weight excluding hydrogens is 186 g/mol. The molecule has 82 valence electrons. The number of nitrogens with zero attached hydrogens (tertiary/aromatic N) is 1. The van der Waals surface area contributed by atoms with Gasteiger partial charge < -0.3 is 10.6 Å². The van der Waals surface area contributed by atoms with E-state index < -0.39 is 0 Å². The van der Waals surface area contributed by atoms with Crippen LogP contribution in [-0.2, 0) is 13.1 Å². The number of nitrogens with one attached hydrogen (secondary N) is 1. The van der Waals surface area contributed by atoms with E-state index in [0.717, 1.165) is 13.1 Å². The van der Waals surface area contributed by atoms with Gasteiger partial charge in [-0.15, -0.1) is 0 Å². The molecule has 0 fully saturated rings.